The molecular weight excluding hydrogens is 256 g/mol. The number of aryl methyl sites for hydroxylation is 2. The van der Waals surface area contributed by atoms with Crippen LogP contribution in [0.3, 0.4) is 0 Å². The average molecular weight is 276 g/mol. The summed E-state index contributed by atoms with van der Waals surface area (Å²) >= 11 is 1.73. The number of rotatable bonds is 5. The van der Waals surface area contributed by atoms with Crippen LogP contribution in [0.5, 0.6) is 5.75 Å². The first kappa shape index (κ1) is 14.0. The topological polar surface area (TPSA) is 34.2 Å². The first-order valence-corrected chi connectivity index (χ1v) is 7.24. The summed E-state index contributed by atoms with van der Waals surface area (Å²) in [6.07, 6.45) is 0.919. The number of aromatic nitrogens is 1. The van der Waals surface area contributed by atoms with Gasteiger partial charge in [0.1, 0.15) is 5.75 Å². The van der Waals surface area contributed by atoms with Crippen molar-refractivity contribution in [2.45, 2.75) is 26.3 Å². The van der Waals surface area contributed by atoms with Crippen molar-refractivity contribution in [2.24, 2.45) is 0 Å². The SMILES string of the molecule is CNC(Cc1nc(C)cs1)c1ccc(OC)cc1C. The van der Waals surface area contributed by atoms with Crippen LogP contribution < -0.4 is 10.1 Å². The Morgan fingerprint density at radius 1 is 1.37 bits per heavy atom. The number of methoxy groups -OCH3 is 1. The van der Waals surface area contributed by atoms with Crippen LogP contribution >= 0.6 is 11.3 Å². The van der Waals surface area contributed by atoms with E-state index in [2.05, 4.69) is 34.7 Å². The highest BCUT2D eigenvalue weighted by molar-refractivity contribution is 7.09. The molecule has 0 radical (unpaired) electrons. The molecule has 0 amide bonds. The standard InChI is InChI=1S/C15H20N2OS/c1-10-7-12(18-4)5-6-13(10)14(16-3)8-15-17-11(2)9-19-15/h5-7,9,14,16H,8H2,1-4H3. The Bertz CT molecular complexity index is 551. The molecule has 1 unspecified atom stereocenters. The fourth-order valence-corrected chi connectivity index (χ4v) is 3.02. The number of thiazole rings is 1. The van der Waals surface area contributed by atoms with Crippen molar-refractivity contribution in [3.8, 4) is 5.75 Å². The number of ether oxygens (including phenoxy) is 1. The zero-order chi connectivity index (χ0) is 13.8. The van der Waals surface area contributed by atoms with Crippen molar-refractivity contribution in [2.75, 3.05) is 14.2 Å². The molecule has 1 atom stereocenters. The maximum atomic E-state index is 5.25. The summed E-state index contributed by atoms with van der Waals surface area (Å²) in [5.74, 6) is 0.904. The molecule has 1 heterocycles. The Morgan fingerprint density at radius 2 is 2.16 bits per heavy atom. The molecule has 2 rings (SSSR count). The van der Waals surface area contributed by atoms with Crippen LogP contribution in [0.15, 0.2) is 23.6 Å². The number of nitrogens with one attached hydrogen (secondary N) is 1. The first-order valence-electron chi connectivity index (χ1n) is 6.37. The van der Waals surface area contributed by atoms with Crippen molar-refractivity contribution >= 4 is 11.3 Å². The smallest absolute Gasteiger partial charge is 0.119 e. The van der Waals surface area contributed by atoms with Crippen LogP contribution in [0.1, 0.15) is 27.9 Å². The normalized spacial score (nSPS) is 12.4. The van der Waals surface area contributed by atoms with Gasteiger partial charge in [-0.05, 0) is 44.2 Å². The van der Waals surface area contributed by atoms with Gasteiger partial charge in [0, 0.05) is 23.5 Å². The number of benzene rings is 1. The molecule has 2 aromatic rings. The van der Waals surface area contributed by atoms with E-state index in [9.17, 15) is 0 Å². The lowest BCUT2D eigenvalue weighted by molar-refractivity contribution is 0.414. The minimum Gasteiger partial charge on any atom is -0.497 e. The highest BCUT2D eigenvalue weighted by Crippen LogP contribution is 2.26. The zero-order valence-corrected chi connectivity index (χ0v) is 12.7. The molecule has 1 aromatic carbocycles. The summed E-state index contributed by atoms with van der Waals surface area (Å²) < 4.78 is 5.25. The molecule has 19 heavy (non-hydrogen) atoms. The molecule has 1 N–H and O–H groups in total. The predicted molar refractivity (Wildman–Crippen MR) is 80.1 cm³/mol. The second kappa shape index (κ2) is 6.17. The number of nitrogens with zero attached hydrogens (tertiary/aromatic N) is 1. The second-order valence-corrected chi connectivity index (χ2v) is 5.59. The van der Waals surface area contributed by atoms with Gasteiger partial charge in [0.15, 0.2) is 0 Å². The quantitative estimate of drug-likeness (QED) is 0.910. The molecule has 102 valence electrons. The molecule has 0 bridgehead atoms. The first-order chi connectivity index (χ1) is 9.13. The van der Waals surface area contributed by atoms with Crippen molar-refractivity contribution in [3.05, 3.63) is 45.4 Å². The van der Waals surface area contributed by atoms with Crippen LogP contribution in [0.4, 0.5) is 0 Å². The Morgan fingerprint density at radius 3 is 2.68 bits per heavy atom. The highest BCUT2D eigenvalue weighted by atomic mass is 32.1. The molecule has 0 aliphatic carbocycles. The summed E-state index contributed by atoms with van der Waals surface area (Å²) in [5.41, 5.74) is 3.64. The van der Waals surface area contributed by atoms with Crippen LogP contribution in [0.25, 0.3) is 0 Å². The molecule has 1 aromatic heterocycles. The van der Waals surface area contributed by atoms with E-state index in [0.717, 1.165) is 17.9 Å². The maximum Gasteiger partial charge on any atom is 0.119 e. The fraction of sp³-hybridized carbons (Fsp3) is 0.400. The highest BCUT2D eigenvalue weighted by Gasteiger charge is 2.14. The molecule has 0 saturated carbocycles. The van der Waals surface area contributed by atoms with Crippen LogP contribution in [-0.2, 0) is 6.42 Å². The number of likely N-dealkylation sites (N-methyl/N-ethyl adjacent to an activating group) is 1. The summed E-state index contributed by atoms with van der Waals surface area (Å²) in [5, 5.41) is 6.65. The molecule has 4 heteroatoms. The second-order valence-electron chi connectivity index (χ2n) is 4.65. The largest absolute Gasteiger partial charge is 0.497 e. The summed E-state index contributed by atoms with van der Waals surface area (Å²) in [6.45, 7) is 4.16. The lowest BCUT2D eigenvalue weighted by Gasteiger charge is -2.18. The van der Waals surface area contributed by atoms with Crippen molar-refractivity contribution in [3.63, 3.8) is 0 Å². The molecule has 3 nitrogen and oxygen atoms in total. The Balaban J connectivity index is 2.21. The van der Waals surface area contributed by atoms with Gasteiger partial charge in [-0.15, -0.1) is 11.3 Å². The van der Waals surface area contributed by atoms with Gasteiger partial charge < -0.3 is 10.1 Å². The van der Waals surface area contributed by atoms with Crippen molar-refractivity contribution in [1.29, 1.82) is 0 Å². The van der Waals surface area contributed by atoms with Crippen molar-refractivity contribution < 1.29 is 4.74 Å². The average Bonchev–Trinajstić information content (AvgIpc) is 2.81. The van der Waals surface area contributed by atoms with Crippen molar-refractivity contribution in [1.82, 2.24) is 10.3 Å². The van der Waals surface area contributed by atoms with E-state index in [-0.39, 0.29) is 6.04 Å². The van der Waals surface area contributed by atoms with Gasteiger partial charge in [0.05, 0.1) is 12.1 Å². The Labute approximate surface area is 118 Å². The van der Waals surface area contributed by atoms with Gasteiger partial charge in [-0.25, -0.2) is 4.98 Å². The zero-order valence-electron chi connectivity index (χ0n) is 11.9. The van der Waals surface area contributed by atoms with E-state index in [4.69, 9.17) is 4.74 Å². The monoisotopic (exact) mass is 276 g/mol. The maximum absolute atomic E-state index is 5.25. The van der Waals surface area contributed by atoms with Gasteiger partial charge in [0.25, 0.3) is 0 Å². The summed E-state index contributed by atoms with van der Waals surface area (Å²) in [4.78, 5) is 4.54. The van der Waals surface area contributed by atoms with Gasteiger partial charge in [-0.1, -0.05) is 6.07 Å². The van der Waals surface area contributed by atoms with Crippen LogP contribution in [0, 0.1) is 13.8 Å². The fourth-order valence-electron chi connectivity index (χ4n) is 2.20. The molecule has 0 aliphatic rings. The van der Waals surface area contributed by atoms with E-state index < -0.39 is 0 Å². The van der Waals surface area contributed by atoms with Gasteiger partial charge in [-0.2, -0.15) is 0 Å². The van der Waals surface area contributed by atoms with E-state index in [0.29, 0.717) is 0 Å². The summed E-state index contributed by atoms with van der Waals surface area (Å²) in [7, 11) is 3.69. The van der Waals surface area contributed by atoms with Crippen LogP contribution in [0.2, 0.25) is 0 Å². The third-order valence-corrected chi connectivity index (χ3v) is 4.24. The Hall–Kier alpha value is -1.39. The van der Waals surface area contributed by atoms with Gasteiger partial charge >= 0.3 is 0 Å². The van der Waals surface area contributed by atoms with Gasteiger partial charge in [0.2, 0.25) is 0 Å². The lowest BCUT2D eigenvalue weighted by atomic mass is 9.99. The van der Waals surface area contributed by atoms with E-state index in [1.165, 1.54) is 16.1 Å². The van der Waals surface area contributed by atoms with E-state index in [1.54, 1.807) is 18.4 Å². The minimum atomic E-state index is 0.288. The minimum absolute atomic E-state index is 0.288. The van der Waals surface area contributed by atoms with Gasteiger partial charge in [-0.3, -0.25) is 0 Å². The molecular formula is C15H20N2OS. The Kier molecular flexibility index (Phi) is 4.56. The molecule has 0 fully saturated rings. The molecule has 0 aliphatic heterocycles. The van der Waals surface area contributed by atoms with E-state index in [1.807, 2.05) is 20.0 Å². The number of hydrogen-bond acceptors (Lipinski definition) is 4. The third-order valence-electron chi connectivity index (χ3n) is 3.25. The third kappa shape index (κ3) is 3.33. The molecule has 0 saturated heterocycles. The molecule has 0 spiro atoms. The summed E-state index contributed by atoms with van der Waals surface area (Å²) in [6, 6.07) is 6.51. The lowest BCUT2D eigenvalue weighted by Crippen LogP contribution is -2.19. The van der Waals surface area contributed by atoms with Crippen LogP contribution in [-0.4, -0.2) is 19.1 Å². The predicted octanol–water partition coefficient (Wildman–Crippen LogP) is 3.27. The van der Waals surface area contributed by atoms with E-state index >= 15 is 0 Å². The number of hydrogen-bond donors (Lipinski definition) is 1.